The van der Waals surface area contributed by atoms with Gasteiger partial charge in [0.2, 0.25) is 0 Å². The van der Waals surface area contributed by atoms with Gasteiger partial charge in [-0.3, -0.25) is 10.1 Å². The minimum absolute atomic E-state index is 0.120. The summed E-state index contributed by atoms with van der Waals surface area (Å²) < 4.78 is 0. The van der Waals surface area contributed by atoms with E-state index in [-0.39, 0.29) is 11.3 Å². The maximum atomic E-state index is 10.8. The number of nitro benzene ring substituents is 1. The lowest BCUT2D eigenvalue weighted by molar-refractivity contribution is -0.385. The highest BCUT2D eigenvalue weighted by atomic mass is 16.6. The van der Waals surface area contributed by atoms with Crippen LogP contribution in [0.25, 0.3) is 0 Å². The smallest absolute Gasteiger partial charge is 0.287 e. The van der Waals surface area contributed by atoms with E-state index in [2.05, 4.69) is 23.8 Å². The van der Waals surface area contributed by atoms with E-state index in [9.17, 15) is 10.1 Å². The molecule has 0 N–H and O–H groups in total. The lowest BCUT2D eigenvalue weighted by Crippen LogP contribution is -2.50. The fourth-order valence-electron chi connectivity index (χ4n) is 2.25. The van der Waals surface area contributed by atoms with Gasteiger partial charge in [0.05, 0.1) is 4.92 Å². The van der Waals surface area contributed by atoms with Crippen molar-refractivity contribution in [3.8, 4) is 6.07 Å². The molecule has 1 heterocycles. The first-order valence-electron chi connectivity index (χ1n) is 6.16. The first-order valence-corrected chi connectivity index (χ1v) is 6.16. The molecule has 1 aromatic rings. The third-order valence-electron chi connectivity index (χ3n) is 3.62. The van der Waals surface area contributed by atoms with Gasteiger partial charge in [-0.05, 0) is 26.1 Å². The number of hydrogen-bond acceptors (Lipinski definition) is 5. The molecule has 1 atom stereocenters. The Morgan fingerprint density at radius 1 is 1.47 bits per heavy atom. The van der Waals surface area contributed by atoms with E-state index >= 15 is 0 Å². The average molecular weight is 260 g/mol. The molecular formula is C13H16N4O2. The molecule has 1 aromatic carbocycles. The average Bonchev–Trinajstić information content (AvgIpc) is 2.41. The Labute approximate surface area is 112 Å². The van der Waals surface area contributed by atoms with Gasteiger partial charge in [0.25, 0.3) is 5.69 Å². The van der Waals surface area contributed by atoms with Gasteiger partial charge >= 0.3 is 0 Å². The summed E-state index contributed by atoms with van der Waals surface area (Å²) in [5.74, 6) is 0. The molecule has 0 aromatic heterocycles. The number of nitrogens with zero attached hydrogens (tertiary/aromatic N) is 4. The van der Waals surface area contributed by atoms with Crippen molar-refractivity contribution < 1.29 is 4.92 Å². The van der Waals surface area contributed by atoms with Crippen molar-refractivity contribution in [1.82, 2.24) is 4.90 Å². The van der Waals surface area contributed by atoms with E-state index in [1.807, 2.05) is 6.07 Å². The van der Waals surface area contributed by atoms with Gasteiger partial charge in [0.1, 0.15) is 11.6 Å². The minimum atomic E-state index is -0.519. The van der Waals surface area contributed by atoms with Crippen LogP contribution >= 0.6 is 0 Å². The number of nitriles is 1. The Hall–Kier alpha value is -2.13. The van der Waals surface area contributed by atoms with Crippen LogP contribution in [0.5, 0.6) is 0 Å². The zero-order valence-electron chi connectivity index (χ0n) is 11.0. The van der Waals surface area contributed by atoms with Crippen molar-refractivity contribution in [2.45, 2.75) is 13.0 Å². The van der Waals surface area contributed by atoms with Crippen molar-refractivity contribution in [2.75, 3.05) is 31.6 Å². The molecule has 0 aliphatic carbocycles. The second-order valence-electron chi connectivity index (χ2n) is 4.85. The molecule has 1 saturated heterocycles. The highest BCUT2D eigenvalue weighted by molar-refractivity contribution is 5.60. The van der Waals surface area contributed by atoms with Crippen LogP contribution in [0.3, 0.4) is 0 Å². The maximum absolute atomic E-state index is 10.8. The highest BCUT2D eigenvalue weighted by Crippen LogP contribution is 2.25. The van der Waals surface area contributed by atoms with Crippen LogP contribution in [-0.2, 0) is 0 Å². The molecule has 0 radical (unpaired) electrons. The predicted octanol–water partition coefficient (Wildman–Crippen LogP) is 1.61. The van der Waals surface area contributed by atoms with E-state index in [1.54, 1.807) is 12.1 Å². The quantitative estimate of drug-likeness (QED) is 0.596. The summed E-state index contributed by atoms with van der Waals surface area (Å²) >= 11 is 0. The zero-order valence-corrected chi connectivity index (χ0v) is 11.0. The molecule has 1 unspecified atom stereocenters. The normalized spacial score (nSPS) is 20.1. The molecule has 6 heteroatoms. The first-order chi connectivity index (χ1) is 9.02. The van der Waals surface area contributed by atoms with E-state index in [0.717, 1.165) is 25.3 Å². The molecule has 2 rings (SSSR count). The van der Waals surface area contributed by atoms with E-state index in [0.29, 0.717) is 6.04 Å². The summed E-state index contributed by atoms with van der Waals surface area (Å²) in [4.78, 5) is 14.7. The van der Waals surface area contributed by atoms with Crippen molar-refractivity contribution in [2.24, 2.45) is 0 Å². The van der Waals surface area contributed by atoms with Crippen LogP contribution < -0.4 is 4.90 Å². The Kier molecular flexibility index (Phi) is 3.67. The Morgan fingerprint density at radius 3 is 2.79 bits per heavy atom. The standard InChI is InChI=1S/C13H16N4O2/c1-10-9-16(6-5-15(10)2)12-3-4-13(17(18)19)11(7-12)8-14/h3-4,7,10H,5-6,9H2,1-2H3. The van der Waals surface area contributed by atoms with E-state index in [1.165, 1.54) is 6.07 Å². The van der Waals surface area contributed by atoms with Gasteiger partial charge in [-0.1, -0.05) is 0 Å². The predicted molar refractivity (Wildman–Crippen MR) is 72.1 cm³/mol. The lowest BCUT2D eigenvalue weighted by Gasteiger charge is -2.39. The minimum Gasteiger partial charge on any atom is -0.369 e. The van der Waals surface area contributed by atoms with Gasteiger partial charge in [0, 0.05) is 37.4 Å². The van der Waals surface area contributed by atoms with Gasteiger partial charge in [-0.2, -0.15) is 5.26 Å². The molecule has 100 valence electrons. The summed E-state index contributed by atoms with van der Waals surface area (Å²) in [6.07, 6.45) is 0. The van der Waals surface area contributed by atoms with Gasteiger partial charge in [-0.15, -0.1) is 0 Å². The monoisotopic (exact) mass is 260 g/mol. The molecule has 1 fully saturated rings. The Balaban J connectivity index is 2.27. The number of likely N-dealkylation sites (N-methyl/N-ethyl adjacent to an activating group) is 1. The second kappa shape index (κ2) is 5.24. The Morgan fingerprint density at radius 2 is 2.21 bits per heavy atom. The van der Waals surface area contributed by atoms with Crippen LogP contribution in [-0.4, -0.2) is 42.5 Å². The summed E-state index contributed by atoms with van der Waals surface area (Å²) in [5.41, 5.74) is 0.865. The van der Waals surface area contributed by atoms with Crippen LogP contribution in [0, 0.1) is 21.4 Å². The first kappa shape index (κ1) is 13.3. The summed E-state index contributed by atoms with van der Waals surface area (Å²) in [5, 5.41) is 19.8. The molecular weight excluding hydrogens is 244 g/mol. The highest BCUT2D eigenvalue weighted by Gasteiger charge is 2.22. The second-order valence-corrected chi connectivity index (χ2v) is 4.85. The maximum Gasteiger partial charge on any atom is 0.287 e. The molecule has 19 heavy (non-hydrogen) atoms. The fraction of sp³-hybridized carbons (Fsp3) is 0.462. The number of rotatable bonds is 2. The van der Waals surface area contributed by atoms with Crippen LogP contribution in [0.4, 0.5) is 11.4 Å². The van der Waals surface area contributed by atoms with Gasteiger partial charge in [0.15, 0.2) is 0 Å². The van der Waals surface area contributed by atoms with Crippen molar-refractivity contribution in [1.29, 1.82) is 5.26 Å². The fourth-order valence-corrected chi connectivity index (χ4v) is 2.25. The number of nitro groups is 1. The number of piperazine rings is 1. The molecule has 1 aliphatic heterocycles. The number of anilines is 1. The van der Waals surface area contributed by atoms with Gasteiger partial charge < -0.3 is 9.80 Å². The molecule has 0 amide bonds. The summed E-state index contributed by atoms with van der Waals surface area (Å²) in [7, 11) is 2.08. The summed E-state index contributed by atoms with van der Waals surface area (Å²) in [6, 6.07) is 7.06. The third kappa shape index (κ3) is 2.66. The molecule has 0 bridgehead atoms. The lowest BCUT2D eigenvalue weighted by atomic mass is 10.1. The van der Waals surface area contributed by atoms with Crippen LogP contribution in [0.15, 0.2) is 18.2 Å². The van der Waals surface area contributed by atoms with Crippen molar-refractivity contribution in [3.05, 3.63) is 33.9 Å². The molecule has 0 spiro atoms. The van der Waals surface area contributed by atoms with Crippen molar-refractivity contribution >= 4 is 11.4 Å². The zero-order chi connectivity index (χ0) is 14.0. The number of benzene rings is 1. The van der Waals surface area contributed by atoms with Crippen LogP contribution in [0.2, 0.25) is 0 Å². The largest absolute Gasteiger partial charge is 0.369 e. The molecule has 0 saturated carbocycles. The van der Waals surface area contributed by atoms with Crippen LogP contribution in [0.1, 0.15) is 12.5 Å². The molecule has 6 nitrogen and oxygen atoms in total. The number of hydrogen-bond donors (Lipinski definition) is 0. The SMILES string of the molecule is CC1CN(c2ccc([N+](=O)[O-])c(C#N)c2)CCN1C. The van der Waals surface area contributed by atoms with E-state index in [4.69, 9.17) is 5.26 Å². The van der Waals surface area contributed by atoms with Gasteiger partial charge in [-0.25, -0.2) is 0 Å². The van der Waals surface area contributed by atoms with Crippen molar-refractivity contribution in [3.63, 3.8) is 0 Å². The third-order valence-corrected chi connectivity index (χ3v) is 3.62. The Bertz CT molecular complexity index is 538. The van der Waals surface area contributed by atoms with E-state index < -0.39 is 4.92 Å². The summed E-state index contributed by atoms with van der Waals surface area (Å²) in [6.45, 7) is 4.81. The molecule has 1 aliphatic rings. The topological polar surface area (TPSA) is 73.4 Å².